The average molecular weight is 129 g/mol. The van der Waals surface area contributed by atoms with E-state index in [1.807, 2.05) is 0 Å². The lowest BCUT2D eigenvalue weighted by Crippen LogP contribution is -2.23. The Morgan fingerprint density at radius 1 is 1.44 bits per heavy atom. The Balaban J connectivity index is 2.23. The third kappa shape index (κ3) is 1.95. The SMILES string of the molecule is COC1CCCC([O])C1. The number of hydrogen-bond acceptors (Lipinski definition) is 1. The molecule has 1 rings (SSSR count). The number of ether oxygens (including phenoxy) is 1. The summed E-state index contributed by atoms with van der Waals surface area (Å²) in [7, 11) is 1.68. The zero-order valence-corrected chi connectivity index (χ0v) is 5.80. The summed E-state index contributed by atoms with van der Waals surface area (Å²) < 4.78 is 5.06. The van der Waals surface area contributed by atoms with Crippen LogP contribution >= 0.6 is 0 Å². The van der Waals surface area contributed by atoms with Gasteiger partial charge in [0.15, 0.2) is 0 Å². The van der Waals surface area contributed by atoms with Crippen molar-refractivity contribution >= 4 is 0 Å². The highest BCUT2D eigenvalue weighted by molar-refractivity contribution is 4.71. The van der Waals surface area contributed by atoms with Gasteiger partial charge in [-0.05, 0) is 19.3 Å². The van der Waals surface area contributed by atoms with Gasteiger partial charge in [0.2, 0.25) is 0 Å². The Morgan fingerprint density at radius 3 is 2.67 bits per heavy atom. The van der Waals surface area contributed by atoms with Crippen LogP contribution < -0.4 is 0 Å². The molecular weight excluding hydrogens is 116 g/mol. The predicted octanol–water partition coefficient (Wildman–Crippen LogP) is 1.37. The van der Waals surface area contributed by atoms with Crippen LogP contribution in [0.3, 0.4) is 0 Å². The third-order valence-electron chi connectivity index (χ3n) is 1.91. The second kappa shape index (κ2) is 3.18. The third-order valence-corrected chi connectivity index (χ3v) is 1.91. The fraction of sp³-hybridized carbons (Fsp3) is 1.00. The lowest BCUT2D eigenvalue weighted by atomic mass is 9.95. The summed E-state index contributed by atoms with van der Waals surface area (Å²) >= 11 is 0. The van der Waals surface area contributed by atoms with Crippen molar-refractivity contribution in [2.45, 2.75) is 37.9 Å². The summed E-state index contributed by atoms with van der Waals surface area (Å²) in [6.45, 7) is 0. The van der Waals surface area contributed by atoms with Crippen LogP contribution in [-0.2, 0) is 9.84 Å². The lowest BCUT2D eigenvalue weighted by Gasteiger charge is -2.22. The summed E-state index contributed by atoms with van der Waals surface area (Å²) in [4.78, 5) is 0. The van der Waals surface area contributed by atoms with Crippen molar-refractivity contribution in [2.24, 2.45) is 0 Å². The van der Waals surface area contributed by atoms with Crippen molar-refractivity contribution in [3.8, 4) is 0 Å². The first-order chi connectivity index (χ1) is 4.33. The van der Waals surface area contributed by atoms with E-state index in [4.69, 9.17) is 4.74 Å². The van der Waals surface area contributed by atoms with Gasteiger partial charge in [-0.3, -0.25) is 0 Å². The van der Waals surface area contributed by atoms with E-state index in [1.54, 1.807) is 7.11 Å². The first kappa shape index (κ1) is 7.03. The second-order valence-corrected chi connectivity index (χ2v) is 2.65. The molecule has 0 N–H and O–H groups in total. The van der Waals surface area contributed by atoms with E-state index in [0.29, 0.717) is 0 Å². The van der Waals surface area contributed by atoms with Crippen molar-refractivity contribution in [2.75, 3.05) is 7.11 Å². The quantitative estimate of drug-likeness (QED) is 0.525. The molecule has 2 unspecified atom stereocenters. The van der Waals surface area contributed by atoms with E-state index in [0.717, 1.165) is 25.7 Å². The van der Waals surface area contributed by atoms with Gasteiger partial charge in [-0.25, -0.2) is 5.11 Å². The number of hydrogen-bond donors (Lipinski definition) is 0. The Labute approximate surface area is 55.8 Å². The van der Waals surface area contributed by atoms with E-state index in [-0.39, 0.29) is 12.2 Å². The van der Waals surface area contributed by atoms with E-state index in [2.05, 4.69) is 0 Å². The zero-order valence-electron chi connectivity index (χ0n) is 5.80. The summed E-state index contributed by atoms with van der Waals surface area (Å²) in [5.41, 5.74) is 0. The molecule has 1 radical (unpaired) electrons. The molecule has 0 spiro atoms. The van der Waals surface area contributed by atoms with Gasteiger partial charge < -0.3 is 4.74 Å². The van der Waals surface area contributed by atoms with Crippen LogP contribution in [-0.4, -0.2) is 19.3 Å². The molecule has 0 aromatic rings. The normalized spacial score (nSPS) is 36.7. The van der Waals surface area contributed by atoms with Crippen molar-refractivity contribution in [1.82, 2.24) is 0 Å². The number of methoxy groups -OCH3 is 1. The molecule has 1 saturated carbocycles. The fourth-order valence-electron chi connectivity index (χ4n) is 1.32. The maximum absolute atomic E-state index is 10.8. The first-order valence-corrected chi connectivity index (χ1v) is 3.51. The molecule has 2 atom stereocenters. The molecule has 0 aromatic heterocycles. The molecule has 1 aliphatic rings. The van der Waals surface area contributed by atoms with Crippen molar-refractivity contribution in [3.05, 3.63) is 0 Å². The minimum Gasteiger partial charge on any atom is -0.381 e. The Morgan fingerprint density at radius 2 is 2.22 bits per heavy atom. The Kier molecular flexibility index (Phi) is 2.49. The molecule has 0 bridgehead atoms. The Hall–Kier alpha value is -0.0800. The molecule has 0 saturated heterocycles. The standard InChI is InChI=1S/C7H13O2/c1-9-7-4-2-3-6(8)5-7/h6-7H,2-5H2,1H3. The van der Waals surface area contributed by atoms with Crippen LogP contribution in [0.25, 0.3) is 0 Å². The highest BCUT2D eigenvalue weighted by atomic mass is 16.5. The molecule has 0 aliphatic heterocycles. The molecule has 0 aromatic carbocycles. The molecule has 9 heavy (non-hydrogen) atoms. The van der Waals surface area contributed by atoms with Crippen molar-refractivity contribution in [3.63, 3.8) is 0 Å². The minimum atomic E-state index is -0.358. The van der Waals surface area contributed by atoms with Gasteiger partial charge in [0.25, 0.3) is 0 Å². The molecule has 0 heterocycles. The van der Waals surface area contributed by atoms with Crippen LogP contribution in [0.15, 0.2) is 0 Å². The maximum Gasteiger partial charge on any atom is 0.0954 e. The average Bonchev–Trinajstić information content (AvgIpc) is 1.88. The highest BCUT2D eigenvalue weighted by Gasteiger charge is 2.20. The smallest absolute Gasteiger partial charge is 0.0954 e. The lowest BCUT2D eigenvalue weighted by molar-refractivity contribution is -0.0189. The monoisotopic (exact) mass is 129 g/mol. The molecule has 1 fully saturated rings. The van der Waals surface area contributed by atoms with Crippen LogP contribution in [0.4, 0.5) is 0 Å². The maximum atomic E-state index is 10.8. The summed E-state index contributed by atoms with van der Waals surface area (Å²) in [5, 5.41) is 10.8. The van der Waals surface area contributed by atoms with Gasteiger partial charge in [-0.1, -0.05) is 0 Å². The summed E-state index contributed by atoms with van der Waals surface area (Å²) in [5.74, 6) is 0. The Bertz CT molecular complexity index is 83.0. The van der Waals surface area contributed by atoms with Crippen molar-refractivity contribution in [1.29, 1.82) is 0 Å². The second-order valence-electron chi connectivity index (χ2n) is 2.65. The van der Waals surface area contributed by atoms with Gasteiger partial charge in [0.05, 0.1) is 12.2 Å². The van der Waals surface area contributed by atoms with Crippen molar-refractivity contribution < 1.29 is 9.84 Å². The molecule has 1 aliphatic carbocycles. The van der Waals surface area contributed by atoms with Gasteiger partial charge in [0, 0.05) is 13.5 Å². The van der Waals surface area contributed by atoms with Crippen LogP contribution in [0, 0.1) is 0 Å². The fourth-order valence-corrected chi connectivity index (χ4v) is 1.32. The predicted molar refractivity (Wildman–Crippen MR) is 33.7 cm³/mol. The van der Waals surface area contributed by atoms with Crippen LogP contribution in [0.2, 0.25) is 0 Å². The molecule has 53 valence electrons. The van der Waals surface area contributed by atoms with Crippen LogP contribution in [0.1, 0.15) is 25.7 Å². The van der Waals surface area contributed by atoms with Gasteiger partial charge >= 0.3 is 0 Å². The first-order valence-electron chi connectivity index (χ1n) is 3.51. The molecule has 0 amide bonds. The van der Waals surface area contributed by atoms with E-state index in [9.17, 15) is 5.11 Å². The molecule has 2 heteroatoms. The van der Waals surface area contributed by atoms with E-state index in [1.165, 1.54) is 0 Å². The minimum absolute atomic E-state index is 0.251. The van der Waals surface area contributed by atoms with Crippen LogP contribution in [0.5, 0.6) is 0 Å². The highest BCUT2D eigenvalue weighted by Crippen LogP contribution is 2.20. The van der Waals surface area contributed by atoms with Gasteiger partial charge in [0.1, 0.15) is 0 Å². The zero-order chi connectivity index (χ0) is 6.69. The molecular formula is C7H13O2. The number of rotatable bonds is 1. The largest absolute Gasteiger partial charge is 0.381 e. The summed E-state index contributed by atoms with van der Waals surface area (Å²) in [6, 6.07) is 0. The van der Waals surface area contributed by atoms with Gasteiger partial charge in [-0.2, -0.15) is 0 Å². The topological polar surface area (TPSA) is 29.1 Å². The van der Waals surface area contributed by atoms with E-state index >= 15 is 0 Å². The van der Waals surface area contributed by atoms with Gasteiger partial charge in [-0.15, -0.1) is 0 Å². The van der Waals surface area contributed by atoms with E-state index < -0.39 is 0 Å². The summed E-state index contributed by atoms with van der Waals surface area (Å²) in [6.07, 6.45) is 3.59. The molecule has 2 nitrogen and oxygen atoms in total.